The van der Waals surface area contributed by atoms with Crippen LogP contribution >= 0.6 is 39.3 Å². The van der Waals surface area contributed by atoms with E-state index in [2.05, 4.69) is 31.2 Å². The molecule has 5 N–H and O–H groups in total. The molecule has 3 aromatic rings. The number of nitrogens with one attached hydrogen (secondary N) is 1. The van der Waals surface area contributed by atoms with E-state index in [4.69, 9.17) is 21.1 Å². The van der Waals surface area contributed by atoms with Gasteiger partial charge in [0.1, 0.15) is 18.2 Å². The summed E-state index contributed by atoms with van der Waals surface area (Å²) < 4.78 is 12.1. The molecule has 3 rings (SSSR count). The molecule has 0 amide bonds. The van der Waals surface area contributed by atoms with Gasteiger partial charge in [0, 0.05) is 21.6 Å². The van der Waals surface area contributed by atoms with E-state index in [0.717, 1.165) is 10.2 Å². The van der Waals surface area contributed by atoms with Crippen molar-refractivity contribution in [2.24, 2.45) is 0 Å². The van der Waals surface area contributed by atoms with Crippen molar-refractivity contribution in [2.75, 3.05) is 31.9 Å². The molecule has 0 spiro atoms. The van der Waals surface area contributed by atoms with Gasteiger partial charge in [-0.25, -0.2) is 9.97 Å². The number of aromatic nitrogens is 2. The van der Waals surface area contributed by atoms with Gasteiger partial charge in [0.05, 0.1) is 42.2 Å². The molecular weight excluding hydrogens is 550 g/mol. The number of nitrogens with zero attached hydrogens (tertiary/aromatic N) is 2. The Morgan fingerprint density at radius 2 is 1.85 bits per heavy atom. The Morgan fingerprint density at radius 3 is 2.47 bits per heavy atom. The first-order valence-electron chi connectivity index (χ1n) is 10.1. The average molecular weight is 575 g/mol. The first-order valence-corrected chi connectivity index (χ1v) is 12.6. The summed E-state index contributed by atoms with van der Waals surface area (Å²) >= 11 is 10.7. The Balaban J connectivity index is 1.92. The first kappa shape index (κ1) is 26.7. The number of hydrogen-bond acceptors (Lipinski definition) is 10. The third-order valence-corrected chi connectivity index (χ3v) is 7.42. The molecule has 0 fully saturated rings. The molecule has 0 aliphatic rings. The van der Waals surface area contributed by atoms with Gasteiger partial charge >= 0.3 is 0 Å². The van der Waals surface area contributed by atoms with Gasteiger partial charge in [-0.3, -0.25) is 0 Å². The Morgan fingerprint density at radius 1 is 1.09 bits per heavy atom. The Labute approximate surface area is 214 Å². The zero-order valence-corrected chi connectivity index (χ0v) is 21.5. The molecule has 1 heterocycles. The lowest BCUT2D eigenvalue weighted by atomic mass is 10.1. The molecule has 184 valence electrons. The molecule has 0 radical (unpaired) electrons. The van der Waals surface area contributed by atoms with Crippen LogP contribution in [-0.4, -0.2) is 80.5 Å². The maximum absolute atomic E-state index is 10.5. The molecule has 0 aliphatic heterocycles. The SMILES string of the molecule is COc1cc2c(Nc3ccc(Br)c(Cl)c3)ncnc2cc1O[C@H](CO)[C@H](O)[C@@H](O)[C@@H](CO)SC. The Kier molecular flexibility index (Phi) is 9.60. The molecule has 0 unspecified atom stereocenters. The summed E-state index contributed by atoms with van der Waals surface area (Å²) in [6, 6.07) is 8.67. The zero-order valence-electron chi connectivity index (χ0n) is 18.4. The number of fused-ring (bicyclic) bond motifs is 1. The van der Waals surface area contributed by atoms with E-state index in [-0.39, 0.29) is 12.4 Å². The lowest BCUT2D eigenvalue weighted by Gasteiger charge is -2.30. The van der Waals surface area contributed by atoms with Gasteiger partial charge in [0.15, 0.2) is 17.6 Å². The lowest BCUT2D eigenvalue weighted by molar-refractivity contribution is -0.0693. The van der Waals surface area contributed by atoms with Crippen LogP contribution < -0.4 is 14.8 Å². The van der Waals surface area contributed by atoms with Gasteiger partial charge < -0.3 is 35.2 Å². The molecule has 0 saturated carbocycles. The quantitative estimate of drug-likeness (QED) is 0.232. The van der Waals surface area contributed by atoms with Crippen molar-refractivity contribution in [3.05, 3.63) is 46.2 Å². The summed E-state index contributed by atoms with van der Waals surface area (Å²) in [5, 5.41) is 43.9. The van der Waals surface area contributed by atoms with Crippen LogP contribution in [0.4, 0.5) is 11.5 Å². The number of benzene rings is 2. The molecule has 9 nitrogen and oxygen atoms in total. The minimum Gasteiger partial charge on any atom is -0.493 e. The van der Waals surface area contributed by atoms with Gasteiger partial charge in [-0.15, -0.1) is 0 Å². The van der Waals surface area contributed by atoms with Crippen molar-refractivity contribution < 1.29 is 29.9 Å². The molecule has 0 aliphatic carbocycles. The van der Waals surface area contributed by atoms with Crippen molar-refractivity contribution >= 4 is 61.7 Å². The topological polar surface area (TPSA) is 137 Å². The predicted molar refractivity (Wildman–Crippen MR) is 136 cm³/mol. The second kappa shape index (κ2) is 12.2. The van der Waals surface area contributed by atoms with E-state index in [1.807, 2.05) is 12.1 Å². The number of aliphatic hydroxyl groups excluding tert-OH is 4. The first-order chi connectivity index (χ1) is 16.3. The third-order valence-electron chi connectivity index (χ3n) is 5.16. The summed E-state index contributed by atoms with van der Waals surface area (Å²) in [4.78, 5) is 8.60. The van der Waals surface area contributed by atoms with Crippen molar-refractivity contribution in [3.63, 3.8) is 0 Å². The van der Waals surface area contributed by atoms with Gasteiger partial charge in [0.25, 0.3) is 0 Å². The average Bonchev–Trinajstić information content (AvgIpc) is 2.84. The second-order valence-electron chi connectivity index (χ2n) is 7.27. The Bertz CT molecular complexity index is 1120. The maximum atomic E-state index is 10.5. The molecule has 12 heteroatoms. The summed E-state index contributed by atoms with van der Waals surface area (Å²) in [7, 11) is 1.45. The van der Waals surface area contributed by atoms with Gasteiger partial charge in [-0.2, -0.15) is 11.8 Å². The van der Waals surface area contributed by atoms with Crippen LogP contribution in [0, 0.1) is 0 Å². The number of anilines is 2. The summed E-state index contributed by atoms with van der Waals surface area (Å²) in [6.07, 6.45) is -0.870. The third kappa shape index (κ3) is 6.03. The van der Waals surface area contributed by atoms with Crippen LogP contribution in [0.5, 0.6) is 11.5 Å². The minimum atomic E-state index is -1.46. The van der Waals surface area contributed by atoms with Crippen LogP contribution in [0.25, 0.3) is 10.9 Å². The fraction of sp³-hybridized carbons (Fsp3) is 0.364. The van der Waals surface area contributed by atoms with E-state index in [1.54, 1.807) is 24.5 Å². The van der Waals surface area contributed by atoms with E-state index >= 15 is 0 Å². The lowest BCUT2D eigenvalue weighted by Crippen LogP contribution is -2.48. The predicted octanol–water partition coefficient (Wildman–Crippen LogP) is 2.98. The molecule has 2 aromatic carbocycles. The standard InChI is InChI=1S/C22H25BrClN3O6S/c1-32-16-6-12-15(25-10-26-22(12)27-11-3-4-13(23)14(24)5-11)7-17(16)33-18(8-28)20(30)21(31)19(9-29)34-2/h3-7,10,18-21,28-31H,8-9H2,1-2H3,(H,25,26,27)/t18-,19-,20+,21+/m1/s1. The van der Waals surface area contributed by atoms with E-state index < -0.39 is 30.2 Å². The molecule has 0 bridgehead atoms. The molecule has 1 aromatic heterocycles. The highest BCUT2D eigenvalue weighted by Crippen LogP contribution is 2.36. The van der Waals surface area contributed by atoms with Crippen LogP contribution in [0.15, 0.2) is 41.1 Å². The van der Waals surface area contributed by atoms with Crippen molar-refractivity contribution in [1.82, 2.24) is 9.97 Å². The van der Waals surface area contributed by atoms with Crippen molar-refractivity contribution in [3.8, 4) is 11.5 Å². The fourth-order valence-electron chi connectivity index (χ4n) is 3.27. The van der Waals surface area contributed by atoms with E-state index in [1.165, 1.54) is 25.2 Å². The van der Waals surface area contributed by atoms with Crippen LogP contribution in [-0.2, 0) is 0 Å². The van der Waals surface area contributed by atoms with Gasteiger partial charge in [-0.05, 0) is 46.5 Å². The summed E-state index contributed by atoms with van der Waals surface area (Å²) in [6.45, 7) is -0.917. The normalized spacial score (nSPS) is 14.9. The minimum absolute atomic E-state index is 0.210. The number of ether oxygens (including phenoxy) is 2. The summed E-state index contributed by atoms with van der Waals surface area (Å²) in [5.41, 5.74) is 1.23. The molecule has 34 heavy (non-hydrogen) atoms. The van der Waals surface area contributed by atoms with Crippen molar-refractivity contribution in [1.29, 1.82) is 0 Å². The molecule has 0 saturated heterocycles. The summed E-state index contributed by atoms with van der Waals surface area (Å²) in [5.74, 6) is 1.03. The van der Waals surface area contributed by atoms with Crippen LogP contribution in [0.2, 0.25) is 5.02 Å². The van der Waals surface area contributed by atoms with Gasteiger partial charge in [0.2, 0.25) is 0 Å². The highest BCUT2D eigenvalue weighted by molar-refractivity contribution is 9.10. The van der Waals surface area contributed by atoms with Crippen molar-refractivity contribution in [2.45, 2.75) is 23.6 Å². The monoisotopic (exact) mass is 573 g/mol. The van der Waals surface area contributed by atoms with E-state index in [0.29, 0.717) is 27.5 Å². The Hall–Kier alpha value is -1.86. The highest BCUT2D eigenvalue weighted by atomic mass is 79.9. The fourth-order valence-corrected chi connectivity index (χ4v) is 4.28. The van der Waals surface area contributed by atoms with Crippen LogP contribution in [0.1, 0.15) is 0 Å². The maximum Gasteiger partial charge on any atom is 0.164 e. The number of halogens is 2. The molecular formula is C22H25BrClN3O6S. The zero-order chi connectivity index (χ0) is 24.8. The molecule has 4 atom stereocenters. The number of aliphatic hydroxyl groups is 4. The van der Waals surface area contributed by atoms with Gasteiger partial charge in [-0.1, -0.05) is 11.6 Å². The smallest absolute Gasteiger partial charge is 0.164 e. The number of methoxy groups -OCH3 is 1. The van der Waals surface area contributed by atoms with Crippen LogP contribution in [0.3, 0.4) is 0 Å². The van der Waals surface area contributed by atoms with E-state index in [9.17, 15) is 20.4 Å². The number of rotatable bonds is 11. The highest BCUT2D eigenvalue weighted by Gasteiger charge is 2.33. The number of thioether (sulfide) groups is 1. The second-order valence-corrected chi connectivity index (χ2v) is 9.61. The largest absolute Gasteiger partial charge is 0.493 e. The number of hydrogen-bond donors (Lipinski definition) is 5.